The minimum atomic E-state index is -0.400. The van der Waals surface area contributed by atoms with E-state index >= 15 is 0 Å². The lowest BCUT2D eigenvalue weighted by atomic mass is 10.1. The molecule has 0 spiro atoms. The summed E-state index contributed by atoms with van der Waals surface area (Å²) < 4.78 is 5.12. The van der Waals surface area contributed by atoms with Crippen molar-refractivity contribution in [3.8, 4) is 5.75 Å². The van der Waals surface area contributed by atoms with Gasteiger partial charge in [0.25, 0.3) is 0 Å². The third kappa shape index (κ3) is 4.39. The number of benzene rings is 2. The summed E-state index contributed by atoms with van der Waals surface area (Å²) in [5, 5.41) is 21.2. The van der Waals surface area contributed by atoms with Gasteiger partial charge in [0.1, 0.15) is 5.75 Å². The largest absolute Gasteiger partial charge is 0.508 e. The highest BCUT2D eigenvalue weighted by Gasteiger charge is 2.08. The molecule has 1 aromatic heterocycles. The summed E-state index contributed by atoms with van der Waals surface area (Å²) in [5.74, 6) is 0.322. The number of carbonyl (C=O) groups excluding carboxylic acids is 1. The smallest absolute Gasteiger partial charge is 0.312 e. The quantitative estimate of drug-likeness (QED) is 0.694. The first-order valence-electron chi connectivity index (χ1n) is 7.43. The zero-order valence-corrected chi connectivity index (χ0v) is 12.9. The van der Waals surface area contributed by atoms with E-state index in [1.54, 1.807) is 12.1 Å². The number of nitrogens with zero attached hydrogens (tertiary/aromatic N) is 4. The highest BCUT2D eigenvalue weighted by atomic mass is 16.5. The van der Waals surface area contributed by atoms with Crippen LogP contribution < -0.4 is 0 Å². The molecule has 0 aliphatic heterocycles. The molecule has 0 fully saturated rings. The number of aromatic nitrogens is 4. The lowest BCUT2D eigenvalue weighted by molar-refractivity contribution is -0.147. The molecule has 0 amide bonds. The molecule has 1 N–H and O–H groups in total. The van der Waals surface area contributed by atoms with Crippen LogP contribution in [-0.4, -0.2) is 31.3 Å². The number of hydrogen-bond acceptors (Lipinski definition) is 6. The van der Waals surface area contributed by atoms with Crippen LogP contribution in [-0.2, 0) is 29.1 Å². The predicted octanol–water partition coefficient (Wildman–Crippen LogP) is 1.71. The molecule has 0 saturated carbocycles. The monoisotopic (exact) mass is 324 g/mol. The second-order valence-electron chi connectivity index (χ2n) is 5.23. The summed E-state index contributed by atoms with van der Waals surface area (Å²) in [6, 6.07) is 16.2. The Morgan fingerprint density at radius 2 is 1.79 bits per heavy atom. The van der Waals surface area contributed by atoms with Crippen LogP contribution in [0, 0.1) is 0 Å². The van der Waals surface area contributed by atoms with Gasteiger partial charge in [-0.2, -0.15) is 0 Å². The molecule has 122 valence electrons. The van der Waals surface area contributed by atoms with Crippen molar-refractivity contribution in [2.24, 2.45) is 0 Å². The molecule has 24 heavy (non-hydrogen) atoms. The van der Waals surface area contributed by atoms with Crippen LogP contribution in [0.4, 0.5) is 0 Å². The Balaban J connectivity index is 1.50. The highest BCUT2D eigenvalue weighted by molar-refractivity contribution is 5.72. The fourth-order valence-corrected chi connectivity index (χ4v) is 2.14. The maximum atomic E-state index is 11.8. The molecule has 0 aliphatic rings. The molecule has 0 saturated heterocycles. The van der Waals surface area contributed by atoms with E-state index in [0.717, 1.165) is 11.1 Å². The summed E-state index contributed by atoms with van der Waals surface area (Å²) >= 11 is 0. The van der Waals surface area contributed by atoms with E-state index in [4.69, 9.17) is 4.74 Å². The van der Waals surface area contributed by atoms with E-state index in [1.807, 2.05) is 30.3 Å². The maximum Gasteiger partial charge on any atom is 0.312 e. The number of aromatic hydroxyl groups is 1. The van der Waals surface area contributed by atoms with E-state index in [-0.39, 0.29) is 18.9 Å². The summed E-state index contributed by atoms with van der Waals surface area (Å²) in [5.41, 5.74) is 1.84. The fourth-order valence-electron chi connectivity index (χ4n) is 2.14. The number of carbonyl (C=O) groups is 1. The lowest BCUT2D eigenvalue weighted by Crippen LogP contribution is -2.13. The standard InChI is InChI=1S/C17H16N4O3/c22-15-8-6-14(7-9-15)11-17(23)24-12-21-19-16(18-20-21)10-13-4-2-1-3-5-13/h1-9,22H,10-12H2. The van der Waals surface area contributed by atoms with Gasteiger partial charge >= 0.3 is 5.97 Å². The van der Waals surface area contributed by atoms with E-state index in [9.17, 15) is 9.90 Å². The molecule has 7 heteroatoms. The van der Waals surface area contributed by atoms with Crippen LogP contribution in [0.2, 0.25) is 0 Å². The first-order valence-corrected chi connectivity index (χ1v) is 7.43. The fraction of sp³-hybridized carbons (Fsp3) is 0.176. The van der Waals surface area contributed by atoms with Crippen LogP contribution >= 0.6 is 0 Å². The number of tetrazole rings is 1. The van der Waals surface area contributed by atoms with Crippen LogP contribution in [0.25, 0.3) is 0 Å². The first kappa shape index (κ1) is 15.7. The Kier molecular flexibility index (Phi) is 4.81. The van der Waals surface area contributed by atoms with Gasteiger partial charge in [-0.05, 0) is 28.5 Å². The van der Waals surface area contributed by atoms with Gasteiger partial charge in [0.2, 0.25) is 6.73 Å². The van der Waals surface area contributed by atoms with Crippen LogP contribution in [0.15, 0.2) is 54.6 Å². The van der Waals surface area contributed by atoms with Crippen molar-refractivity contribution in [3.05, 3.63) is 71.5 Å². The Hall–Kier alpha value is -3.22. The topological polar surface area (TPSA) is 90.1 Å². The minimum Gasteiger partial charge on any atom is -0.508 e. The van der Waals surface area contributed by atoms with E-state index < -0.39 is 5.97 Å². The third-order valence-corrected chi connectivity index (χ3v) is 3.33. The average molecular weight is 324 g/mol. The molecule has 0 aliphatic carbocycles. The molecule has 7 nitrogen and oxygen atoms in total. The summed E-state index contributed by atoms with van der Waals surface area (Å²) in [6.07, 6.45) is 0.689. The summed E-state index contributed by atoms with van der Waals surface area (Å²) in [7, 11) is 0. The molecule has 0 bridgehead atoms. The molecule has 0 atom stereocenters. The van der Waals surface area contributed by atoms with Crippen molar-refractivity contribution >= 4 is 5.97 Å². The molecule has 1 heterocycles. The lowest BCUT2D eigenvalue weighted by Gasteiger charge is -2.03. The van der Waals surface area contributed by atoms with Gasteiger partial charge < -0.3 is 9.84 Å². The molecular formula is C17H16N4O3. The SMILES string of the molecule is O=C(Cc1ccc(O)cc1)OCn1nnc(Cc2ccccc2)n1. The number of ether oxygens (including phenoxy) is 1. The Morgan fingerprint density at radius 3 is 2.54 bits per heavy atom. The third-order valence-electron chi connectivity index (χ3n) is 3.33. The molecule has 2 aromatic carbocycles. The van der Waals surface area contributed by atoms with E-state index in [1.165, 1.54) is 16.9 Å². The van der Waals surface area contributed by atoms with Crippen LogP contribution in [0.1, 0.15) is 17.0 Å². The van der Waals surface area contributed by atoms with Crippen molar-refractivity contribution in [1.29, 1.82) is 0 Å². The molecular weight excluding hydrogens is 308 g/mol. The Morgan fingerprint density at radius 1 is 1.04 bits per heavy atom. The van der Waals surface area contributed by atoms with Gasteiger partial charge in [-0.3, -0.25) is 4.79 Å². The first-order chi connectivity index (χ1) is 11.7. The number of phenolic OH excluding ortho intramolecular Hbond substituents is 1. The summed E-state index contributed by atoms with van der Waals surface area (Å²) in [6.45, 7) is -0.0846. The van der Waals surface area contributed by atoms with E-state index in [2.05, 4.69) is 15.4 Å². The molecule has 3 aromatic rings. The zero-order valence-electron chi connectivity index (χ0n) is 12.9. The number of hydrogen-bond donors (Lipinski definition) is 1. The number of phenols is 1. The zero-order chi connectivity index (χ0) is 16.8. The van der Waals surface area contributed by atoms with Crippen molar-refractivity contribution in [2.75, 3.05) is 0 Å². The molecule has 0 radical (unpaired) electrons. The Labute approximate surface area is 138 Å². The van der Waals surface area contributed by atoms with Gasteiger partial charge in [-0.15, -0.1) is 15.0 Å². The minimum absolute atomic E-state index is 0.0846. The van der Waals surface area contributed by atoms with E-state index in [0.29, 0.717) is 12.2 Å². The second-order valence-corrected chi connectivity index (χ2v) is 5.23. The number of esters is 1. The van der Waals surface area contributed by atoms with Crippen molar-refractivity contribution in [1.82, 2.24) is 20.2 Å². The maximum absolute atomic E-state index is 11.8. The second kappa shape index (κ2) is 7.36. The Bertz CT molecular complexity index is 800. The van der Waals surface area contributed by atoms with Crippen LogP contribution in [0.3, 0.4) is 0 Å². The predicted molar refractivity (Wildman–Crippen MR) is 85.0 cm³/mol. The van der Waals surface area contributed by atoms with Gasteiger partial charge in [-0.1, -0.05) is 42.5 Å². The van der Waals surface area contributed by atoms with Gasteiger partial charge in [0, 0.05) is 6.42 Å². The molecule has 3 rings (SSSR count). The summed E-state index contributed by atoms with van der Waals surface area (Å²) in [4.78, 5) is 13.0. The number of rotatable bonds is 6. The van der Waals surface area contributed by atoms with Crippen molar-refractivity contribution in [2.45, 2.75) is 19.6 Å². The van der Waals surface area contributed by atoms with Gasteiger partial charge in [0.15, 0.2) is 5.82 Å². The van der Waals surface area contributed by atoms with Gasteiger partial charge in [0.05, 0.1) is 6.42 Å². The van der Waals surface area contributed by atoms with Gasteiger partial charge in [-0.25, -0.2) is 0 Å². The average Bonchev–Trinajstić information content (AvgIpc) is 3.03. The molecule has 0 unspecified atom stereocenters. The van der Waals surface area contributed by atoms with Crippen molar-refractivity contribution < 1.29 is 14.6 Å². The van der Waals surface area contributed by atoms with Crippen LogP contribution in [0.5, 0.6) is 5.75 Å². The normalized spacial score (nSPS) is 10.5. The highest BCUT2D eigenvalue weighted by Crippen LogP contribution is 2.10. The van der Waals surface area contributed by atoms with Crippen molar-refractivity contribution in [3.63, 3.8) is 0 Å².